The number of rotatable bonds is 1. The van der Waals surface area contributed by atoms with E-state index in [9.17, 15) is 13.2 Å². The fourth-order valence-corrected chi connectivity index (χ4v) is 0.843. The average molecular weight is 208 g/mol. The Bertz CT molecular complexity index is 352. The maximum Gasteiger partial charge on any atom is 0.574 e. The van der Waals surface area contributed by atoms with Crippen LogP contribution in [0.4, 0.5) is 18.9 Å². The summed E-state index contributed by atoms with van der Waals surface area (Å²) in [6.07, 6.45) is -4.90. The third-order valence-electron chi connectivity index (χ3n) is 1.33. The Kier molecular flexibility index (Phi) is 2.41. The summed E-state index contributed by atoms with van der Waals surface area (Å²) in [6.45, 7) is 1.43. The van der Waals surface area contributed by atoms with E-state index < -0.39 is 18.0 Å². The molecule has 0 aliphatic heterocycles. The van der Waals surface area contributed by atoms with Gasteiger partial charge in [0.25, 0.3) is 5.88 Å². The Hall–Kier alpha value is -1.66. The normalized spacial score (nSPS) is 11.4. The van der Waals surface area contributed by atoms with E-state index in [-0.39, 0.29) is 11.4 Å². The maximum atomic E-state index is 11.8. The molecule has 0 atom stereocenters. The Balaban J connectivity index is 3.09. The molecule has 0 unspecified atom stereocenters. The summed E-state index contributed by atoms with van der Waals surface area (Å²) in [5.41, 5.74) is 5.21. The summed E-state index contributed by atoms with van der Waals surface area (Å²) in [6, 6.07) is 1.23. The molecule has 0 spiro atoms. The van der Waals surface area contributed by atoms with E-state index in [4.69, 9.17) is 10.8 Å². The summed E-state index contributed by atoms with van der Waals surface area (Å²) >= 11 is 0. The number of anilines is 1. The third kappa shape index (κ3) is 2.41. The van der Waals surface area contributed by atoms with Crippen LogP contribution in [0.25, 0.3) is 0 Å². The molecule has 0 aromatic carbocycles. The van der Waals surface area contributed by atoms with Gasteiger partial charge in [0.1, 0.15) is 0 Å². The molecular weight excluding hydrogens is 201 g/mol. The predicted octanol–water partition coefficient (Wildman–Crippen LogP) is 1.58. The van der Waals surface area contributed by atoms with E-state index in [1.807, 2.05) is 0 Å². The highest BCUT2D eigenvalue weighted by atomic mass is 19.4. The Morgan fingerprint density at radius 2 is 2.07 bits per heavy atom. The first-order valence-corrected chi connectivity index (χ1v) is 3.51. The van der Waals surface area contributed by atoms with Crippen LogP contribution in [0.2, 0.25) is 0 Å². The van der Waals surface area contributed by atoms with Gasteiger partial charge in [-0.1, -0.05) is 0 Å². The number of nitrogens with two attached hydrogens (primary N) is 1. The molecule has 0 radical (unpaired) electrons. The zero-order chi connectivity index (χ0) is 10.9. The minimum absolute atomic E-state index is 0.211. The highest BCUT2D eigenvalue weighted by Crippen LogP contribution is 2.33. The quantitative estimate of drug-likeness (QED) is 0.735. The van der Waals surface area contributed by atoms with Gasteiger partial charge in [0, 0.05) is 5.69 Å². The predicted molar refractivity (Wildman–Crippen MR) is 41.7 cm³/mol. The average Bonchev–Trinajstić information content (AvgIpc) is 1.96. The number of aromatic nitrogens is 1. The molecule has 0 saturated heterocycles. The van der Waals surface area contributed by atoms with E-state index in [2.05, 4.69) is 9.72 Å². The van der Waals surface area contributed by atoms with Crippen molar-refractivity contribution < 1.29 is 23.0 Å². The molecule has 1 aromatic rings. The number of aryl methyl sites for hydroxylation is 1. The van der Waals surface area contributed by atoms with Crippen molar-refractivity contribution in [1.29, 1.82) is 0 Å². The zero-order valence-electron chi connectivity index (χ0n) is 7.09. The molecular formula is C7H7F3N2O2. The molecule has 0 amide bonds. The molecule has 0 aliphatic carbocycles. The van der Waals surface area contributed by atoms with Crippen LogP contribution < -0.4 is 10.5 Å². The van der Waals surface area contributed by atoms with Gasteiger partial charge in [-0.15, -0.1) is 13.2 Å². The molecule has 0 aliphatic rings. The number of hydrogen-bond donors (Lipinski definition) is 2. The summed E-state index contributed by atoms with van der Waals surface area (Å²) in [4.78, 5) is 3.35. The van der Waals surface area contributed by atoms with E-state index in [1.54, 1.807) is 0 Å². The van der Waals surface area contributed by atoms with Gasteiger partial charge in [0.2, 0.25) is 5.75 Å². The lowest BCUT2D eigenvalue weighted by Gasteiger charge is -2.10. The standard InChI is InChI=1S/C7H7F3N2O2/c1-3-2-4(11)5(13)6(12-3)14-7(8,9)10/h2,13H,1H3,(H2,11,12). The molecule has 0 fully saturated rings. The lowest BCUT2D eigenvalue weighted by molar-refractivity contribution is -0.276. The first kappa shape index (κ1) is 10.4. The number of pyridine rings is 1. The first-order valence-electron chi connectivity index (χ1n) is 3.51. The van der Waals surface area contributed by atoms with Crippen molar-refractivity contribution in [2.75, 3.05) is 5.73 Å². The van der Waals surface area contributed by atoms with Crippen molar-refractivity contribution in [2.24, 2.45) is 0 Å². The highest BCUT2D eigenvalue weighted by molar-refractivity contribution is 5.57. The van der Waals surface area contributed by atoms with Crippen LogP contribution >= 0.6 is 0 Å². The number of aromatic hydroxyl groups is 1. The van der Waals surface area contributed by atoms with Gasteiger partial charge >= 0.3 is 6.36 Å². The number of nitrogens with zero attached hydrogens (tertiary/aromatic N) is 1. The molecule has 3 N–H and O–H groups in total. The second-order valence-corrected chi connectivity index (χ2v) is 2.55. The second-order valence-electron chi connectivity index (χ2n) is 2.55. The van der Waals surface area contributed by atoms with Crippen LogP contribution in [0, 0.1) is 6.92 Å². The lowest BCUT2D eigenvalue weighted by Crippen LogP contribution is -2.18. The van der Waals surface area contributed by atoms with Crippen LogP contribution in [-0.2, 0) is 0 Å². The van der Waals surface area contributed by atoms with Crippen molar-refractivity contribution >= 4 is 5.69 Å². The van der Waals surface area contributed by atoms with Gasteiger partial charge in [-0.3, -0.25) is 0 Å². The number of nitrogen functional groups attached to an aromatic ring is 1. The molecule has 1 rings (SSSR count). The Labute approximate surface area is 77.1 Å². The van der Waals surface area contributed by atoms with E-state index in [0.29, 0.717) is 0 Å². The van der Waals surface area contributed by atoms with E-state index in [0.717, 1.165) is 0 Å². The van der Waals surface area contributed by atoms with Gasteiger partial charge in [0.15, 0.2) is 0 Å². The van der Waals surface area contributed by atoms with Crippen LogP contribution in [0.5, 0.6) is 11.6 Å². The van der Waals surface area contributed by atoms with Crippen molar-refractivity contribution in [1.82, 2.24) is 4.98 Å². The van der Waals surface area contributed by atoms with Gasteiger partial charge in [-0.05, 0) is 13.0 Å². The number of hydrogen-bond acceptors (Lipinski definition) is 4. The van der Waals surface area contributed by atoms with Crippen LogP contribution in [0.3, 0.4) is 0 Å². The monoisotopic (exact) mass is 208 g/mol. The minimum atomic E-state index is -4.90. The smallest absolute Gasteiger partial charge is 0.502 e. The van der Waals surface area contributed by atoms with Crippen molar-refractivity contribution in [3.63, 3.8) is 0 Å². The van der Waals surface area contributed by atoms with E-state index in [1.165, 1.54) is 13.0 Å². The largest absolute Gasteiger partial charge is 0.574 e. The van der Waals surface area contributed by atoms with Crippen molar-refractivity contribution in [3.8, 4) is 11.6 Å². The molecule has 4 nitrogen and oxygen atoms in total. The zero-order valence-corrected chi connectivity index (χ0v) is 7.09. The van der Waals surface area contributed by atoms with Gasteiger partial charge < -0.3 is 15.6 Å². The molecule has 0 bridgehead atoms. The topological polar surface area (TPSA) is 68.4 Å². The molecule has 7 heteroatoms. The van der Waals surface area contributed by atoms with E-state index >= 15 is 0 Å². The fourth-order valence-electron chi connectivity index (χ4n) is 0.843. The summed E-state index contributed by atoms with van der Waals surface area (Å²) in [5.74, 6) is -1.75. The van der Waals surface area contributed by atoms with Crippen LogP contribution in [0.1, 0.15) is 5.69 Å². The van der Waals surface area contributed by atoms with Crippen molar-refractivity contribution in [3.05, 3.63) is 11.8 Å². The molecule has 78 valence electrons. The fraction of sp³-hybridized carbons (Fsp3) is 0.286. The lowest BCUT2D eigenvalue weighted by atomic mass is 10.3. The SMILES string of the molecule is Cc1cc(N)c(O)c(OC(F)(F)F)n1. The number of halogens is 3. The summed E-state index contributed by atoms with van der Waals surface area (Å²) in [7, 11) is 0. The van der Waals surface area contributed by atoms with Gasteiger partial charge in [-0.25, -0.2) is 4.98 Å². The molecule has 1 heterocycles. The minimum Gasteiger partial charge on any atom is -0.502 e. The first-order chi connectivity index (χ1) is 6.29. The van der Waals surface area contributed by atoms with Crippen molar-refractivity contribution in [2.45, 2.75) is 13.3 Å². The molecule has 14 heavy (non-hydrogen) atoms. The Morgan fingerprint density at radius 1 is 1.50 bits per heavy atom. The van der Waals surface area contributed by atoms with Gasteiger partial charge in [-0.2, -0.15) is 0 Å². The highest BCUT2D eigenvalue weighted by Gasteiger charge is 2.33. The molecule has 1 aromatic heterocycles. The second kappa shape index (κ2) is 3.24. The number of ether oxygens (including phenoxy) is 1. The molecule has 0 saturated carbocycles. The number of alkyl halides is 3. The summed E-state index contributed by atoms with van der Waals surface area (Å²) in [5, 5.41) is 9.07. The van der Waals surface area contributed by atoms with Crippen LogP contribution in [0.15, 0.2) is 6.07 Å². The Morgan fingerprint density at radius 3 is 2.57 bits per heavy atom. The third-order valence-corrected chi connectivity index (χ3v) is 1.33. The summed E-state index contributed by atoms with van der Waals surface area (Å²) < 4.78 is 38.8. The van der Waals surface area contributed by atoms with Gasteiger partial charge in [0.05, 0.1) is 5.69 Å². The maximum absolute atomic E-state index is 11.8. The van der Waals surface area contributed by atoms with Crippen LogP contribution in [-0.4, -0.2) is 16.5 Å².